The molecule has 2 aliphatic rings. The molecule has 2 aromatic rings. The lowest BCUT2D eigenvalue weighted by atomic mass is 9.85. The molecule has 172 valence electrons. The lowest BCUT2D eigenvalue weighted by Gasteiger charge is -2.50. The van der Waals surface area contributed by atoms with Gasteiger partial charge >= 0.3 is 0 Å². The molecule has 0 spiro atoms. The van der Waals surface area contributed by atoms with Gasteiger partial charge in [0.2, 0.25) is 0 Å². The van der Waals surface area contributed by atoms with E-state index in [0.717, 1.165) is 11.1 Å². The fourth-order valence-corrected chi connectivity index (χ4v) is 8.53. The van der Waals surface area contributed by atoms with Crippen LogP contribution in [0, 0.1) is 19.7 Å². The van der Waals surface area contributed by atoms with E-state index in [1.54, 1.807) is 19.2 Å². The zero-order valence-electron chi connectivity index (χ0n) is 19.0. The smallest absolute Gasteiger partial charge is 0.274 e. The highest BCUT2D eigenvalue weighted by Crippen LogP contribution is 2.49. The van der Waals surface area contributed by atoms with E-state index in [9.17, 15) is 9.00 Å². The second-order valence-corrected chi connectivity index (χ2v) is 12.8. The molecule has 4 N–H and O–H groups in total. The Kier molecular flexibility index (Phi) is 5.25. The lowest BCUT2D eigenvalue weighted by molar-refractivity contribution is 0.102. The number of nitrogens with zero attached hydrogens (tertiary/aromatic N) is 2. The first-order chi connectivity index (χ1) is 14.9. The number of carbonyl (C=O) groups excluding carboxylic acids is 1. The van der Waals surface area contributed by atoms with Gasteiger partial charge in [0.15, 0.2) is 0 Å². The van der Waals surface area contributed by atoms with Crippen LogP contribution in [0.2, 0.25) is 0 Å². The Morgan fingerprint density at radius 2 is 2.00 bits per heavy atom. The van der Waals surface area contributed by atoms with E-state index in [2.05, 4.69) is 15.0 Å². The molecule has 2 aliphatic heterocycles. The van der Waals surface area contributed by atoms with Crippen molar-refractivity contribution in [1.82, 2.24) is 9.71 Å². The molecule has 0 unspecified atom stereocenters. The van der Waals surface area contributed by atoms with Gasteiger partial charge < -0.3 is 11.1 Å². The van der Waals surface area contributed by atoms with Gasteiger partial charge in [-0.25, -0.2) is 4.39 Å². The monoisotopic (exact) mass is 459 g/mol. The third-order valence-electron chi connectivity index (χ3n) is 6.86. The van der Waals surface area contributed by atoms with Crippen LogP contribution in [0.5, 0.6) is 0 Å². The maximum Gasteiger partial charge on any atom is 0.274 e. The second kappa shape index (κ2) is 7.45. The topological polar surface area (TPSA) is 109 Å². The molecule has 1 fully saturated rings. The fraction of sp³-hybridized carbons (Fsp3) is 0.435. The van der Waals surface area contributed by atoms with Crippen LogP contribution >= 0.6 is 0 Å². The first-order valence-electron chi connectivity index (χ1n) is 10.7. The number of hydrogen-bond donors (Lipinski definition) is 4. The lowest BCUT2D eigenvalue weighted by Crippen LogP contribution is -2.64. The van der Waals surface area contributed by atoms with Gasteiger partial charge in [-0.1, -0.05) is 6.07 Å². The Morgan fingerprint density at radius 1 is 1.28 bits per heavy atom. The molecule has 0 aliphatic carbocycles. The van der Waals surface area contributed by atoms with Gasteiger partial charge in [-0.3, -0.25) is 23.7 Å². The van der Waals surface area contributed by atoms with Crippen molar-refractivity contribution in [3.05, 3.63) is 58.7 Å². The van der Waals surface area contributed by atoms with Crippen molar-refractivity contribution < 1.29 is 13.4 Å². The molecule has 3 heterocycles. The summed E-state index contributed by atoms with van der Waals surface area (Å²) in [5, 5.41) is 2.40. The fourth-order valence-electron chi connectivity index (χ4n) is 4.89. The second-order valence-electron chi connectivity index (χ2n) is 9.40. The van der Waals surface area contributed by atoms with Crippen LogP contribution in [0.25, 0.3) is 0 Å². The Bertz CT molecular complexity index is 1190. The largest absolute Gasteiger partial charge is 0.386 e. The number of hydrogen-bond acceptors (Lipinski definition) is 5. The molecule has 7 nitrogen and oxygen atoms in total. The zero-order valence-corrected chi connectivity index (χ0v) is 19.9. The SMILES string of the molecule is Cc1cnc(C(=O)Nc2ccc(F)c([C@@]3(C)N=C(N)C(C)(C)[SH]4(=O)NCC[C@H]34)c2)c(C)c1. The summed E-state index contributed by atoms with van der Waals surface area (Å²) in [5.41, 5.74) is 7.84. The van der Waals surface area contributed by atoms with E-state index >= 15 is 4.39 Å². The number of thiol groups is 1. The van der Waals surface area contributed by atoms with Gasteiger partial charge in [-0.2, -0.15) is 0 Å². The van der Waals surface area contributed by atoms with Crippen LogP contribution in [0.4, 0.5) is 10.1 Å². The Labute approximate surface area is 188 Å². The molecular formula is C23H30FN5O2S. The Balaban J connectivity index is 1.75. The van der Waals surface area contributed by atoms with Crippen LogP contribution < -0.4 is 15.8 Å². The summed E-state index contributed by atoms with van der Waals surface area (Å²) in [5.74, 6) is -0.627. The van der Waals surface area contributed by atoms with Crippen LogP contribution in [0.15, 0.2) is 35.5 Å². The number of amidine groups is 1. The zero-order chi connectivity index (χ0) is 23.5. The van der Waals surface area contributed by atoms with Gasteiger partial charge in [0.05, 0.1) is 10.00 Å². The van der Waals surface area contributed by atoms with Crippen molar-refractivity contribution in [1.29, 1.82) is 0 Å². The van der Waals surface area contributed by atoms with Gasteiger partial charge in [-0.05, 0) is 80.5 Å². The third kappa shape index (κ3) is 3.26. The Morgan fingerprint density at radius 3 is 2.69 bits per heavy atom. The van der Waals surface area contributed by atoms with E-state index in [0.29, 0.717) is 24.3 Å². The van der Waals surface area contributed by atoms with Crippen LogP contribution in [-0.4, -0.2) is 37.5 Å². The normalized spacial score (nSPS) is 26.7. The van der Waals surface area contributed by atoms with Crippen molar-refractivity contribution >= 4 is 27.5 Å². The molecule has 0 saturated carbocycles. The summed E-state index contributed by atoms with van der Waals surface area (Å²) in [7, 11) is -3.01. The van der Waals surface area contributed by atoms with E-state index in [-0.39, 0.29) is 17.3 Å². The van der Waals surface area contributed by atoms with Crippen molar-refractivity contribution in [3.8, 4) is 0 Å². The predicted molar refractivity (Wildman–Crippen MR) is 127 cm³/mol. The number of benzene rings is 1. The molecule has 9 heteroatoms. The Hall–Kier alpha value is -2.65. The molecule has 1 amide bonds. The maximum absolute atomic E-state index is 15.1. The van der Waals surface area contributed by atoms with E-state index in [1.807, 2.05) is 33.8 Å². The number of halogens is 1. The number of carbonyl (C=O) groups is 1. The minimum Gasteiger partial charge on any atom is -0.386 e. The third-order valence-corrected chi connectivity index (χ3v) is 11.1. The number of fused-ring (bicyclic) bond motifs is 1. The van der Waals surface area contributed by atoms with Crippen molar-refractivity contribution in [2.24, 2.45) is 10.7 Å². The van der Waals surface area contributed by atoms with Crippen LogP contribution in [0.3, 0.4) is 0 Å². The summed E-state index contributed by atoms with van der Waals surface area (Å²) in [4.78, 5) is 21.7. The minimum absolute atomic E-state index is 0.238. The maximum atomic E-state index is 15.1. The summed E-state index contributed by atoms with van der Waals surface area (Å²) in [6.07, 6.45) is 2.22. The van der Waals surface area contributed by atoms with E-state index in [1.165, 1.54) is 12.1 Å². The molecule has 1 aromatic carbocycles. The molecule has 2 atom stereocenters. The first-order valence-corrected chi connectivity index (χ1v) is 12.4. The number of aliphatic imine (C=N–C) groups is 1. The summed E-state index contributed by atoms with van der Waals surface area (Å²) in [6.45, 7) is 9.69. The number of nitrogens with one attached hydrogen (secondary N) is 2. The van der Waals surface area contributed by atoms with Gasteiger partial charge in [0.25, 0.3) is 5.91 Å². The van der Waals surface area contributed by atoms with Crippen LogP contribution in [0.1, 0.15) is 54.4 Å². The first kappa shape index (κ1) is 22.5. The van der Waals surface area contributed by atoms with E-state index in [4.69, 9.17) is 10.7 Å². The van der Waals surface area contributed by atoms with Gasteiger partial charge in [0, 0.05) is 24.0 Å². The molecule has 4 rings (SSSR count). The van der Waals surface area contributed by atoms with Gasteiger partial charge in [-0.15, -0.1) is 0 Å². The van der Waals surface area contributed by atoms with Crippen molar-refractivity contribution in [2.75, 3.05) is 11.9 Å². The summed E-state index contributed by atoms with van der Waals surface area (Å²) >= 11 is 0. The standard InChI is InChI=1S/C23H30FN5O2S/c1-13-10-14(2)19(26-12-13)20(30)28-15-6-7-17(24)16(11-15)23(5)18-8-9-27-32(18,31)22(3,4)21(25)29-23/h6-7,10-12,18,32H,8-9H2,1-5H3,(H2,25,29)(H,27,31)(H,28,30)/t18-,23-/m1/s1. The molecule has 0 radical (unpaired) electrons. The number of amides is 1. The average molecular weight is 460 g/mol. The highest BCUT2D eigenvalue weighted by Gasteiger charge is 2.58. The van der Waals surface area contributed by atoms with Crippen molar-refractivity contribution in [2.45, 2.75) is 56.6 Å². The molecule has 1 saturated heterocycles. The molecular weight excluding hydrogens is 429 g/mol. The number of pyridine rings is 1. The number of aryl methyl sites for hydroxylation is 2. The van der Waals surface area contributed by atoms with Gasteiger partial charge in [0.1, 0.15) is 22.9 Å². The highest BCUT2D eigenvalue weighted by molar-refractivity contribution is 8.04. The van der Waals surface area contributed by atoms with E-state index < -0.39 is 31.5 Å². The number of anilines is 1. The number of rotatable bonds is 3. The number of aromatic nitrogens is 1. The quantitative estimate of drug-likeness (QED) is 0.529. The molecule has 1 aromatic heterocycles. The summed E-state index contributed by atoms with van der Waals surface area (Å²) < 4.78 is 31.5. The molecule has 0 bridgehead atoms. The minimum atomic E-state index is -3.01. The van der Waals surface area contributed by atoms with Crippen LogP contribution in [-0.2, 0) is 15.7 Å². The highest BCUT2D eigenvalue weighted by atomic mass is 32.3. The number of nitrogens with two attached hydrogens (primary N) is 1. The summed E-state index contributed by atoms with van der Waals surface area (Å²) in [6, 6.07) is 6.24. The molecule has 32 heavy (non-hydrogen) atoms. The van der Waals surface area contributed by atoms with Crippen molar-refractivity contribution in [3.63, 3.8) is 0 Å². The average Bonchev–Trinajstić information content (AvgIpc) is 3.13. The predicted octanol–water partition coefficient (Wildman–Crippen LogP) is 2.75.